The van der Waals surface area contributed by atoms with Gasteiger partial charge in [0.25, 0.3) is 11.8 Å². The van der Waals surface area contributed by atoms with E-state index < -0.39 is 18.0 Å². The van der Waals surface area contributed by atoms with Crippen LogP contribution in [0.1, 0.15) is 27.0 Å². The normalized spacial score (nSPS) is 11.5. The molecule has 166 valence electrons. The van der Waals surface area contributed by atoms with Crippen molar-refractivity contribution in [1.29, 1.82) is 0 Å². The molecule has 32 heavy (non-hydrogen) atoms. The maximum absolute atomic E-state index is 12.5. The summed E-state index contributed by atoms with van der Waals surface area (Å²) in [5.74, 6) is -1.77. The lowest BCUT2D eigenvalue weighted by Crippen LogP contribution is -2.30. The van der Waals surface area contributed by atoms with Crippen molar-refractivity contribution in [1.82, 2.24) is 0 Å². The molecule has 6 nitrogen and oxygen atoms in total. The van der Waals surface area contributed by atoms with Gasteiger partial charge in [-0.2, -0.15) is 0 Å². The third-order valence-corrected chi connectivity index (χ3v) is 6.35. The van der Waals surface area contributed by atoms with Gasteiger partial charge in [0.1, 0.15) is 0 Å². The Labute approximate surface area is 207 Å². The molecule has 0 radical (unpaired) electrons. The van der Waals surface area contributed by atoms with E-state index in [0.717, 1.165) is 0 Å². The summed E-state index contributed by atoms with van der Waals surface area (Å²) in [5.41, 5.74) is 0.557. The number of amides is 2. The minimum atomic E-state index is -1.16. The SMILES string of the molecule is CC(OC(=O)c1ccc(Cl)c(NC(=O)c2cccs2)c1)C(=O)Nc1cc(Cl)c(Cl)cc1Cl. The maximum Gasteiger partial charge on any atom is 0.338 e. The first-order chi connectivity index (χ1) is 15.2. The Morgan fingerprint density at radius 1 is 0.875 bits per heavy atom. The molecule has 3 rings (SSSR count). The summed E-state index contributed by atoms with van der Waals surface area (Å²) >= 11 is 25.3. The van der Waals surface area contributed by atoms with Crippen molar-refractivity contribution in [3.05, 3.63) is 78.4 Å². The van der Waals surface area contributed by atoms with Crippen molar-refractivity contribution >= 4 is 86.9 Å². The molecule has 0 saturated heterocycles. The molecule has 3 aromatic rings. The molecular weight excluding hydrogens is 518 g/mol. The number of carbonyl (C=O) groups is 3. The van der Waals surface area contributed by atoms with Crippen molar-refractivity contribution in [2.24, 2.45) is 0 Å². The van der Waals surface area contributed by atoms with Gasteiger partial charge >= 0.3 is 5.97 Å². The van der Waals surface area contributed by atoms with Gasteiger partial charge in [0.2, 0.25) is 0 Å². The van der Waals surface area contributed by atoms with Crippen LogP contribution in [0.15, 0.2) is 47.8 Å². The van der Waals surface area contributed by atoms with Crippen molar-refractivity contribution in [3.8, 4) is 0 Å². The number of nitrogens with one attached hydrogen (secondary N) is 2. The monoisotopic (exact) mass is 530 g/mol. The van der Waals surface area contributed by atoms with Gasteiger partial charge in [-0.15, -0.1) is 11.3 Å². The van der Waals surface area contributed by atoms with Crippen molar-refractivity contribution in [2.45, 2.75) is 13.0 Å². The first-order valence-corrected chi connectivity index (χ1v) is 11.4. The topological polar surface area (TPSA) is 84.5 Å². The Morgan fingerprint density at radius 3 is 2.25 bits per heavy atom. The van der Waals surface area contributed by atoms with Crippen LogP contribution in [0.3, 0.4) is 0 Å². The van der Waals surface area contributed by atoms with Crippen LogP contribution in [0.25, 0.3) is 0 Å². The fourth-order valence-corrected chi connectivity index (χ4v) is 3.85. The number of rotatable bonds is 6. The molecule has 1 aromatic heterocycles. The quantitative estimate of drug-likeness (QED) is 0.270. The number of hydrogen-bond donors (Lipinski definition) is 2. The fraction of sp³-hybridized carbons (Fsp3) is 0.0952. The molecule has 0 spiro atoms. The highest BCUT2D eigenvalue weighted by Gasteiger charge is 2.21. The second kappa shape index (κ2) is 10.6. The van der Waals surface area contributed by atoms with E-state index in [1.807, 2.05) is 0 Å². The van der Waals surface area contributed by atoms with Gasteiger partial charge in [-0.3, -0.25) is 9.59 Å². The minimum absolute atomic E-state index is 0.100. The van der Waals surface area contributed by atoms with E-state index in [-0.39, 0.29) is 42.9 Å². The smallest absolute Gasteiger partial charge is 0.338 e. The van der Waals surface area contributed by atoms with Gasteiger partial charge in [-0.25, -0.2) is 4.79 Å². The van der Waals surface area contributed by atoms with Crippen LogP contribution in [0.5, 0.6) is 0 Å². The van der Waals surface area contributed by atoms with E-state index >= 15 is 0 Å². The summed E-state index contributed by atoms with van der Waals surface area (Å²) in [6, 6.07) is 10.4. The number of ether oxygens (including phenoxy) is 1. The average Bonchev–Trinajstić information content (AvgIpc) is 3.28. The van der Waals surface area contributed by atoms with Gasteiger partial charge in [-0.05, 0) is 48.7 Å². The van der Waals surface area contributed by atoms with E-state index in [9.17, 15) is 14.4 Å². The standard InChI is InChI=1S/C21H14Cl4N2O4S/c1-10(19(28)26-17-9-14(24)13(23)8-15(17)25)31-21(30)11-4-5-12(22)16(7-11)27-20(29)18-3-2-6-32-18/h2-10H,1H3,(H,26,28)(H,27,29). The van der Waals surface area contributed by atoms with Crippen molar-refractivity contribution < 1.29 is 19.1 Å². The Bertz CT molecular complexity index is 1180. The second-order valence-electron chi connectivity index (χ2n) is 6.41. The molecule has 0 aliphatic heterocycles. The van der Waals surface area contributed by atoms with Crippen LogP contribution < -0.4 is 10.6 Å². The number of halogens is 4. The third-order valence-electron chi connectivity index (χ3n) is 4.12. The number of anilines is 2. The predicted octanol–water partition coefficient (Wildman–Crippen LogP) is 6.80. The van der Waals surface area contributed by atoms with E-state index in [4.69, 9.17) is 51.1 Å². The second-order valence-corrected chi connectivity index (χ2v) is 8.99. The highest BCUT2D eigenvalue weighted by Crippen LogP contribution is 2.32. The molecule has 1 unspecified atom stereocenters. The van der Waals surface area contributed by atoms with Gasteiger partial charge in [0.15, 0.2) is 6.10 Å². The maximum atomic E-state index is 12.5. The summed E-state index contributed by atoms with van der Waals surface area (Å²) in [4.78, 5) is 37.7. The van der Waals surface area contributed by atoms with Gasteiger partial charge < -0.3 is 15.4 Å². The van der Waals surface area contributed by atoms with Crippen LogP contribution in [-0.2, 0) is 9.53 Å². The molecule has 0 aliphatic rings. The summed E-state index contributed by atoms with van der Waals surface area (Å²) in [6.07, 6.45) is -1.16. The molecule has 1 heterocycles. The highest BCUT2D eigenvalue weighted by atomic mass is 35.5. The zero-order chi connectivity index (χ0) is 23.4. The van der Waals surface area contributed by atoms with Gasteiger partial charge in [0.05, 0.1) is 41.9 Å². The fourth-order valence-electron chi connectivity index (χ4n) is 2.47. The molecule has 2 N–H and O–H groups in total. The minimum Gasteiger partial charge on any atom is -0.449 e. The Hall–Kier alpha value is -2.29. The zero-order valence-electron chi connectivity index (χ0n) is 16.2. The van der Waals surface area contributed by atoms with E-state index in [1.165, 1.54) is 48.6 Å². The lowest BCUT2D eigenvalue weighted by Gasteiger charge is -2.15. The van der Waals surface area contributed by atoms with E-state index in [0.29, 0.717) is 4.88 Å². The Balaban J connectivity index is 1.67. The summed E-state index contributed by atoms with van der Waals surface area (Å²) in [7, 11) is 0. The van der Waals surface area contributed by atoms with Crippen molar-refractivity contribution in [2.75, 3.05) is 10.6 Å². The summed E-state index contributed by atoms with van der Waals surface area (Å²) in [5, 5.41) is 7.80. The summed E-state index contributed by atoms with van der Waals surface area (Å²) < 4.78 is 5.23. The molecule has 2 amide bonds. The zero-order valence-corrected chi connectivity index (χ0v) is 20.1. The van der Waals surface area contributed by atoms with E-state index in [2.05, 4.69) is 10.6 Å². The lowest BCUT2D eigenvalue weighted by atomic mass is 10.2. The Morgan fingerprint density at radius 2 is 1.56 bits per heavy atom. The third kappa shape index (κ3) is 5.94. The molecule has 11 heteroatoms. The molecule has 0 saturated carbocycles. The first-order valence-electron chi connectivity index (χ1n) is 8.96. The van der Waals surface area contributed by atoms with E-state index in [1.54, 1.807) is 17.5 Å². The molecule has 2 aromatic carbocycles. The first kappa shape index (κ1) is 24.4. The van der Waals surface area contributed by atoms with Crippen LogP contribution in [0.4, 0.5) is 11.4 Å². The average molecular weight is 532 g/mol. The van der Waals surface area contributed by atoms with Gasteiger partial charge in [0, 0.05) is 0 Å². The number of esters is 1. The van der Waals surface area contributed by atoms with Crippen LogP contribution in [-0.4, -0.2) is 23.9 Å². The molecule has 0 bridgehead atoms. The largest absolute Gasteiger partial charge is 0.449 e. The highest BCUT2D eigenvalue weighted by molar-refractivity contribution is 7.12. The number of thiophene rings is 1. The molecular formula is C21H14Cl4N2O4S. The molecule has 0 aliphatic carbocycles. The lowest BCUT2D eigenvalue weighted by molar-refractivity contribution is -0.123. The van der Waals surface area contributed by atoms with Crippen molar-refractivity contribution in [3.63, 3.8) is 0 Å². The van der Waals surface area contributed by atoms with Gasteiger partial charge in [-0.1, -0.05) is 52.5 Å². The number of benzene rings is 2. The summed E-state index contributed by atoms with van der Waals surface area (Å²) in [6.45, 7) is 1.40. The number of hydrogen-bond acceptors (Lipinski definition) is 5. The number of carbonyl (C=O) groups excluding carboxylic acids is 3. The predicted molar refractivity (Wildman–Crippen MR) is 129 cm³/mol. The molecule has 0 fully saturated rings. The Kier molecular flexibility index (Phi) is 8.03. The molecule has 1 atom stereocenters. The van der Waals surface area contributed by atoms with Crippen LogP contribution in [0, 0.1) is 0 Å². The van der Waals surface area contributed by atoms with Crippen LogP contribution >= 0.6 is 57.7 Å². The van der Waals surface area contributed by atoms with Crippen LogP contribution in [0.2, 0.25) is 20.1 Å².